The van der Waals surface area contributed by atoms with Gasteiger partial charge in [-0.25, -0.2) is 18.3 Å². The van der Waals surface area contributed by atoms with E-state index >= 15 is 0 Å². The van der Waals surface area contributed by atoms with Crippen molar-refractivity contribution in [2.24, 2.45) is 14.1 Å². The van der Waals surface area contributed by atoms with Gasteiger partial charge in [0.1, 0.15) is 24.8 Å². The first-order valence-corrected chi connectivity index (χ1v) is 11.2. The standard InChI is InChI=1S/2C10H19N2.H2O3S/c2*1-3-4-5-6-7-12-9-8-11(2)10-12;1-4(2)3/h2*8-10H,3-7H2,1-2H3;(H2,1,2,3)/q2*+1;/p-2. The van der Waals surface area contributed by atoms with Gasteiger partial charge in [0.25, 0.3) is 0 Å². The molecule has 2 aromatic rings. The lowest BCUT2D eigenvalue weighted by atomic mass is 10.2. The number of hydrogen-bond donors (Lipinski definition) is 0. The van der Waals surface area contributed by atoms with Crippen LogP contribution in [0.2, 0.25) is 0 Å². The summed E-state index contributed by atoms with van der Waals surface area (Å²) in [5, 5.41) is 0. The third-order valence-electron chi connectivity index (χ3n) is 4.19. The normalized spacial score (nSPS) is 10.2. The van der Waals surface area contributed by atoms with Crippen LogP contribution < -0.4 is 9.13 Å². The highest BCUT2D eigenvalue weighted by Crippen LogP contribution is 2.01. The molecule has 0 unspecified atom stereocenters. The minimum absolute atomic E-state index is 1.17. The van der Waals surface area contributed by atoms with Crippen LogP contribution in [0.5, 0.6) is 0 Å². The van der Waals surface area contributed by atoms with Crippen molar-refractivity contribution in [3.05, 3.63) is 37.4 Å². The van der Waals surface area contributed by atoms with E-state index in [1.54, 1.807) is 0 Å². The predicted octanol–water partition coefficient (Wildman–Crippen LogP) is 2.78. The zero-order valence-corrected chi connectivity index (χ0v) is 18.8. The van der Waals surface area contributed by atoms with Crippen LogP contribution in [0.1, 0.15) is 65.2 Å². The highest BCUT2D eigenvalue weighted by molar-refractivity contribution is 7.72. The highest BCUT2D eigenvalue weighted by atomic mass is 32.2. The maximum atomic E-state index is 8.44. The molecule has 0 amide bonds. The van der Waals surface area contributed by atoms with Crippen LogP contribution in [0.15, 0.2) is 37.4 Å². The fourth-order valence-corrected chi connectivity index (χ4v) is 2.71. The molecule has 0 fully saturated rings. The van der Waals surface area contributed by atoms with Crippen LogP contribution in [0.3, 0.4) is 0 Å². The zero-order chi connectivity index (χ0) is 21.2. The van der Waals surface area contributed by atoms with Crippen molar-refractivity contribution in [2.45, 2.75) is 78.3 Å². The van der Waals surface area contributed by atoms with Crippen LogP contribution in [-0.2, 0) is 38.5 Å². The summed E-state index contributed by atoms with van der Waals surface area (Å²) in [6, 6.07) is 0. The summed E-state index contributed by atoms with van der Waals surface area (Å²) in [5.74, 6) is 0. The monoisotopic (exact) mass is 414 g/mol. The smallest absolute Gasteiger partial charge is 0.243 e. The second-order valence-corrected chi connectivity index (χ2v) is 7.37. The molecule has 7 nitrogen and oxygen atoms in total. The number of nitrogens with zero attached hydrogens (tertiary/aromatic N) is 4. The Balaban J connectivity index is 0.000000439. The van der Waals surface area contributed by atoms with Gasteiger partial charge in [0.05, 0.1) is 27.2 Å². The van der Waals surface area contributed by atoms with Crippen molar-refractivity contribution in [2.75, 3.05) is 0 Å². The molecule has 0 saturated carbocycles. The van der Waals surface area contributed by atoms with E-state index in [2.05, 4.69) is 83.7 Å². The number of rotatable bonds is 10. The first kappa shape index (κ1) is 26.5. The largest absolute Gasteiger partial charge is 0.784 e. The molecule has 162 valence electrons. The summed E-state index contributed by atoms with van der Waals surface area (Å²) < 4.78 is 34.0. The fraction of sp³-hybridized carbons (Fsp3) is 0.700. The molecule has 0 N–H and O–H groups in total. The molecule has 28 heavy (non-hydrogen) atoms. The number of hydrogen-bond acceptors (Lipinski definition) is 3. The molecule has 0 bridgehead atoms. The van der Waals surface area contributed by atoms with E-state index in [-0.39, 0.29) is 0 Å². The maximum Gasteiger partial charge on any atom is 0.243 e. The SMILES string of the molecule is CCCCCCn1cc[n+](C)c1.CCCCCCn1cc[n+](C)c1.O=S([O-])[O-]. The molecule has 0 spiro atoms. The molecule has 2 rings (SSSR count). The topological polar surface area (TPSA) is 80.8 Å². The Morgan fingerprint density at radius 1 is 0.750 bits per heavy atom. The second kappa shape index (κ2) is 17.6. The molecule has 8 heteroatoms. The van der Waals surface area contributed by atoms with Gasteiger partial charge in [-0.15, -0.1) is 11.4 Å². The summed E-state index contributed by atoms with van der Waals surface area (Å²) >= 11 is -3.11. The van der Waals surface area contributed by atoms with E-state index in [9.17, 15) is 0 Å². The first-order chi connectivity index (χ1) is 13.4. The Morgan fingerprint density at radius 2 is 1.11 bits per heavy atom. The molecular formula is C20H38N4O3S. The number of aryl methyl sites for hydroxylation is 4. The van der Waals surface area contributed by atoms with Gasteiger partial charge in [0, 0.05) is 0 Å². The van der Waals surface area contributed by atoms with E-state index in [4.69, 9.17) is 13.3 Å². The van der Waals surface area contributed by atoms with E-state index in [1.807, 2.05) is 0 Å². The van der Waals surface area contributed by atoms with Crippen LogP contribution >= 0.6 is 0 Å². The Labute approximate surface area is 173 Å². The van der Waals surface area contributed by atoms with Crippen molar-refractivity contribution in [1.82, 2.24) is 9.13 Å². The van der Waals surface area contributed by atoms with Gasteiger partial charge >= 0.3 is 0 Å². The molecular weight excluding hydrogens is 376 g/mol. The van der Waals surface area contributed by atoms with E-state index < -0.39 is 11.4 Å². The summed E-state index contributed by atoms with van der Waals surface area (Å²) in [6.45, 7) is 6.83. The molecule has 0 aliphatic rings. The fourth-order valence-electron chi connectivity index (χ4n) is 2.71. The van der Waals surface area contributed by atoms with Gasteiger partial charge in [-0.05, 0) is 25.7 Å². The molecule has 2 aromatic heterocycles. The van der Waals surface area contributed by atoms with E-state index in [0.717, 1.165) is 0 Å². The zero-order valence-electron chi connectivity index (χ0n) is 18.0. The lowest BCUT2D eigenvalue weighted by Gasteiger charge is -2.03. The molecule has 0 radical (unpaired) electrons. The van der Waals surface area contributed by atoms with Gasteiger partial charge in [-0.3, -0.25) is 4.21 Å². The average molecular weight is 415 g/mol. The molecule has 0 atom stereocenters. The lowest BCUT2D eigenvalue weighted by molar-refractivity contribution is -0.671. The van der Waals surface area contributed by atoms with Crippen molar-refractivity contribution in [3.8, 4) is 0 Å². The molecule has 0 saturated heterocycles. The maximum absolute atomic E-state index is 8.44. The van der Waals surface area contributed by atoms with E-state index in [1.165, 1.54) is 64.5 Å². The Hall–Kier alpha value is -1.51. The van der Waals surface area contributed by atoms with Gasteiger partial charge in [0.2, 0.25) is 12.7 Å². The summed E-state index contributed by atoms with van der Waals surface area (Å²) in [4.78, 5) is 0. The van der Waals surface area contributed by atoms with Crippen LogP contribution in [0.25, 0.3) is 0 Å². The first-order valence-electron chi connectivity index (χ1n) is 10.2. The third-order valence-corrected chi connectivity index (χ3v) is 4.19. The minimum Gasteiger partial charge on any atom is -0.784 e. The predicted molar refractivity (Wildman–Crippen MR) is 109 cm³/mol. The average Bonchev–Trinajstić information content (AvgIpc) is 3.24. The van der Waals surface area contributed by atoms with Crippen molar-refractivity contribution >= 4 is 11.4 Å². The minimum atomic E-state index is -3.11. The molecule has 2 heterocycles. The van der Waals surface area contributed by atoms with Gasteiger partial charge in [-0.1, -0.05) is 39.5 Å². The number of aromatic nitrogens is 4. The van der Waals surface area contributed by atoms with Crippen molar-refractivity contribution in [1.29, 1.82) is 0 Å². The van der Waals surface area contributed by atoms with Crippen LogP contribution in [0.4, 0.5) is 0 Å². The Bertz CT molecular complexity index is 576. The lowest BCUT2D eigenvalue weighted by Crippen LogP contribution is -2.23. The molecule has 0 aliphatic carbocycles. The molecule has 0 aliphatic heterocycles. The summed E-state index contributed by atoms with van der Waals surface area (Å²) in [7, 11) is 4.12. The molecule has 0 aromatic carbocycles. The van der Waals surface area contributed by atoms with Crippen molar-refractivity contribution < 1.29 is 22.4 Å². The van der Waals surface area contributed by atoms with Crippen LogP contribution in [0, 0.1) is 0 Å². The van der Waals surface area contributed by atoms with Crippen molar-refractivity contribution in [3.63, 3.8) is 0 Å². The van der Waals surface area contributed by atoms with E-state index in [0.29, 0.717) is 0 Å². The third kappa shape index (κ3) is 16.6. The summed E-state index contributed by atoms with van der Waals surface area (Å²) in [6.07, 6.45) is 23.4. The summed E-state index contributed by atoms with van der Waals surface area (Å²) in [5.41, 5.74) is 0. The van der Waals surface area contributed by atoms with Gasteiger partial charge < -0.3 is 9.11 Å². The Kier molecular flexibility index (Phi) is 16.6. The highest BCUT2D eigenvalue weighted by Gasteiger charge is 1.99. The Morgan fingerprint density at radius 3 is 1.36 bits per heavy atom. The quantitative estimate of drug-likeness (QED) is 0.341. The number of unbranched alkanes of at least 4 members (excludes halogenated alkanes) is 6. The van der Waals surface area contributed by atoms with Gasteiger partial charge in [-0.2, -0.15) is 0 Å². The van der Waals surface area contributed by atoms with Gasteiger partial charge in [0.15, 0.2) is 0 Å². The second-order valence-electron chi connectivity index (χ2n) is 6.96. The van der Waals surface area contributed by atoms with Crippen LogP contribution in [-0.4, -0.2) is 22.4 Å². The number of imidazole rings is 2.